The Balaban J connectivity index is 0.00000441. The van der Waals surface area contributed by atoms with Crippen molar-refractivity contribution in [2.45, 2.75) is 52.0 Å². The van der Waals surface area contributed by atoms with Crippen LogP contribution in [-0.2, 0) is 6.54 Å². The van der Waals surface area contributed by atoms with Crippen LogP contribution in [0.5, 0.6) is 5.88 Å². The maximum absolute atomic E-state index is 5.85. The van der Waals surface area contributed by atoms with E-state index >= 15 is 0 Å². The van der Waals surface area contributed by atoms with Crippen molar-refractivity contribution in [1.29, 1.82) is 0 Å². The van der Waals surface area contributed by atoms with E-state index in [4.69, 9.17) is 10.5 Å². The average molecular weight is 420 g/mol. The third-order valence-electron chi connectivity index (χ3n) is 3.30. The summed E-state index contributed by atoms with van der Waals surface area (Å²) in [6, 6.07) is 3.81. The van der Waals surface area contributed by atoms with E-state index in [2.05, 4.69) is 22.2 Å². The van der Waals surface area contributed by atoms with Crippen LogP contribution >= 0.6 is 24.0 Å². The zero-order valence-corrected chi connectivity index (χ0v) is 16.0. The fourth-order valence-electron chi connectivity index (χ4n) is 2.08. The van der Waals surface area contributed by atoms with Gasteiger partial charge < -0.3 is 15.8 Å². The van der Waals surface area contributed by atoms with Crippen LogP contribution in [-0.4, -0.2) is 24.6 Å². The first-order valence-corrected chi connectivity index (χ1v) is 7.79. The van der Waals surface area contributed by atoms with E-state index in [0.717, 1.165) is 18.5 Å². The molecule has 0 bridgehead atoms. The van der Waals surface area contributed by atoms with Gasteiger partial charge in [-0.1, -0.05) is 45.1 Å². The number of pyridine rings is 1. The Labute approximate surface area is 151 Å². The van der Waals surface area contributed by atoms with Crippen LogP contribution in [0.15, 0.2) is 23.3 Å². The number of methoxy groups -OCH3 is 1. The van der Waals surface area contributed by atoms with Gasteiger partial charge in [0, 0.05) is 18.3 Å². The summed E-state index contributed by atoms with van der Waals surface area (Å²) in [6.45, 7) is 3.59. The lowest BCUT2D eigenvalue weighted by atomic mass is 10.1. The number of nitrogens with one attached hydrogen (secondary N) is 1. The summed E-state index contributed by atoms with van der Waals surface area (Å²) in [7, 11) is 1.61. The number of halogens is 1. The van der Waals surface area contributed by atoms with E-state index < -0.39 is 0 Å². The van der Waals surface area contributed by atoms with Gasteiger partial charge >= 0.3 is 0 Å². The van der Waals surface area contributed by atoms with Crippen molar-refractivity contribution >= 4 is 29.9 Å². The van der Waals surface area contributed by atoms with Gasteiger partial charge in [0.05, 0.1) is 13.7 Å². The van der Waals surface area contributed by atoms with Crippen LogP contribution in [0.2, 0.25) is 0 Å². The van der Waals surface area contributed by atoms with Crippen LogP contribution in [0.4, 0.5) is 0 Å². The largest absolute Gasteiger partial charge is 0.481 e. The van der Waals surface area contributed by atoms with Gasteiger partial charge in [-0.25, -0.2) is 9.98 Å². The summed E-state index contributed by atoms with van der Waals surface area (Å²) >= 11 is 0. The molecule has 0 aliphatic heterocycles. The van der Waals surface area contributed by atoms with Gasteiger partial charge in [0.25, 0.3) is 0 Å². The fraction of sp³-hybridized carbons (Fsp3) is 0.625. The Hall–Kier alpha value is -1.05. The molecular formula is C16H29IN4O. The van der Waals surface area contributed by atoms with Crippen molar-refractivity contribution < 1.29 is 4.74 Å². The molecule has 0 saturated carbocycles. The Morgan fingerprint density at radius 3 is 2.73 bits per heavy atom. The number of aromatic nitrogens is 1. The molecule has 5 nitrogen and oxygen atoms in total. The number of unbranched alkanes of at least 4 members (excludes halogenated alkanes) is 5. The van der Waals surface area contributed by atoms with Crippen molar-refractivity contribution in [1.82, 2.24) is 10.3 Å². The highest BCUT2D eigenvalue weighted by Gasteiger charge is 2.02. The summed E-state index contributed by atoms with van der Waals surface area (Å²) in [6.07, 6.45) is 9.35. The second kappa shape index (κ2) is 13.6. The van der Waals surface area contributed by atoms with Crippen molar-refractivity contribution in [2.75, 3.05) is 13.7 Å². The first-order valence-electron chi connectivity index (χ1n) is 7.79. The predicted molar refractivity (Wildman–Crippen MR) is 103 cm³/mol. The zero-order chi connectivity index (χ0) is 15.3. The number of ether oxygens (including phenoxy) is 1. The highest BCUT2D eigenvalue weighted by atomic mass is 127. The van der Waals surface area contributed by atoms with E-state index in [9.17, 15) is 0 Å². The molecule has 0 amide bonds. The van der Waals surface area contributed by atoms with E-state index in [1.54, 1.807) is 13.3 Å². The van der Waals surface area contributed by atoms with Crippen LogP contribution < -0.4 is 15.8 Å². The van der Waals surface area contributed by atoms with Crippen LogP contribution in [0.1, 0.15) is 51.0 Å². The SMILES string of the molecule is CCCCCCCCNC(N)=NCc1cccnc1OC.I. The molecule has 0 aliphatic rings. The van der Waals surface area contributed by atoms with Gasteiger partial charge in [0.2, 0.25) is 5.88 Å². The Morgan fingerprint density at radius 1 is 1.27 bits per heavy atom. The zero-order valence-electron chi connectivity index (χ0n) is 13.7. The van der Waals surface area contributed by atoms with Crippen molar-refractivity contribution in [3.05, 3.63) is 23.9 Å². The number of aliphatic imine (C=N–C) groups is 1. The number of guanidine groups is 1. The number of rotatable bonds is 10. The maximum Gasteiger partial charge on any atom is 0.218 e. The molecule has 0 saturated heterocycles. The molecule has 126 valence electrons. The van der Waals surface area contributed by atoms with Crippen LogP contribution in [0.25, 0.3) is 0 Å². The minimum atomic E-state index is 0. The maximum atomic E-state index is 5.85. The minimum absolute atomic E-state index is 0. The summed E-state index contributed by atoms with van der Waals surface area (Å²) in [5.41, 5.74) is 6.79. The monoisotopic (exact) mass is 420 g/mol. The number of hydrogen-bond acceptors (Lipinski definition) is 3. The number of hydrogen-bond donors (Lipinski definition) is 2. The first-order chi connectivity index (χ1) is 10.3. The van der Waals surface area contributed by atoms with E-state index in [1.165, 1.54) is 32.1 Å². The molecule has 1 heterocycles. The topological polar surface area (TPSA) is 72.5 Å². The summed E-state index contributed by atoms with van der Waals surface area (Å²) < 4.78 is 5.18. The molecule has 0 aliphatic carbocycles. The molecule has 1 aromatic heterocycles. The molecule has 0 radical (unpaired) electrons. The standard InChI is InChI=1S/C16H28N4O.HI/c1-3-4-5-6-7-8-11-19-16(17)20-13-14-10-9-12-18-15(14)21-2;/h9-10,12H,3-8,11,13H2,1-2H3,(H3,17,19,20);1H. The summed E-state index contributed by atoms with van der Waals surface area (Å²) in [5.74, 6) is 1.08. The number of nitrogens with zero attached hydrogens (tertiary/aromatic N) is 2. The van der Waals surface area contributed by atoms with Crippen molar-refractivity contribution in [3.63, 3.8) is 0 Å². The smallest absolute Gasteiger partial charge is 0.218 e. The molecule has 22 heavy (non-hydrogen) atoms. The van der Waals surface area contributed by atoms with E-state index in [-0.39, 0.29) is 24.0 Å². The second-order valence-electron chi connectivity index (χ2n) is 5.07. The molecular weight excluding hydrogens is 391 g/mol. The third-order valence-corrected chi connectivity index (χ3v) is 3.30. The lowest BCUT2D eigenvalue weighted by Crippen LogP contribution is -2.32. The Kier molecular flexibility index (Phi) is 13.0. The first kappa shape index (κ1) is 20.9. The molecule has 0 unspecified atom stereocenters. The average Bonchev–Trinajstić information content (AvgIpc) is 2.52. The molecule has 0 fully saturated rings. The lowest BCUT2D eigenvalue weighted by molar-refractivity contribution is 0.392. The van der Waals surface area contributed by atoms with E-state index in [0.29, 0.717) is 18.4 Å². The minimum Gasteiger partial charge on any atom is -0.481 e. The van der Waals surface area contributed by atoms with Crippen LogP contribution in [0, 0.1) is 0 Å². The van der Waals surface area contributed by atoms with Gasteiger partial charge in [-0.3, -0.25) is 0 Å². The quantitative estimate of drug-likeness (QED) is 0.263. The van der Waals surface area contributed by atoms with Crippen molar-refractivity contribution in [2.24, 2.45) is 10.7 Å². The normalized spacial score (nSPS) is 10.9. The highest BCUT2D eigenvalue weighted by Crippen LogP contribution is 2.14. The molecule has 6 heteroatoms. The van der Waals surface area contributed by atoms with Gasteiger partial charge in [0.1, 0.15) is 0 Å². The van der Waals surface area contributed by atoms with Gasteiger partial charge in [-0.05, 0) is 12.5 Å². The van der Waals surface area contributed by atoms with Gasteiger partial charge in [-0.15, -0.1) is 24.0 Å². The van der Waals surface area contributed by atoms with Crippen molar-refractivity contribution in [3.8, 4) is 5.88 Å². The summed E-state index contributed by atoms with van der Waals surface area (Å²) in [5, 5.41) is 3.15. The molecule has 1 aromatic rings. The number of nitrogens with two attached hydrogens (primary N) is 1. The lowest BCUT2D eigenvalue weighted by Gasteiger charge is -2.07. The third kappa shape index (κ3) is 9.07. The molecule has 3 N–H and O–H groups in total. The molecule has 0 spiro atoms. The van der Waals surface area contributed by atoms with Gasteiger partial charge in [-0.2, -0.15) is 0 Å². The molecule has 0 aromatic carbocycles. The Morgan fingerprint density at radius 2 is 2.00 bits per heavy atom. The highest BCUT2D eigenvalue weighted by molar-refractivity contribution is 14.0. The predicted octanol–water partition coefficient (Wildman–Crippen LogP) is 3.47. The summed E-state index contributed by atoms with van der Waals surface area (Å²) in [4.78, 5) is 8.45. The fourth-order valence-corrected chi connectivity index (χ4v) is 2.08. The van der Waals surface area contributed by atoms with Crippen LogP contribution in [0.3, 0.4) is 0 Å². The second-order valence-corrected chi connectivity index (χ2v) is 5.07. The molecule has 1 rings (SSSR count). The van der Waals surface area contributed by atoms with Gasteiger partial charge in [0.15, 0.2) is 5.96 Å². The van der Waals surface area contributed by atoms with E-state index in [1.807, 2.05) is 12.1 Å². The Bertz CT molecular complexity index is 426. The molecule has 0 atom stereocenters.